The van der Waals surface area contributed by atoms with Crippen LogP contribution in [0.3, 0.4) is 0 Å². The highest BCUT2D eigenvalue weighted by Crippen LogP contribution is 2.39. The Morgan fingerprint density at radius 2 is 1.54 bits per heavy atom. The largest absolute Gasteiger partial charge is 0.349 e. The number of amides is 3. The molecule has 28 heavy (non-hydrogen) atoms. The van der Waals surface area contributed by atoms with Gasteiger partial charge in [-0.05, 0) is 51.0 Å². The molecule has 0 unspecified atom stereocenters. The number of nitrogens with one attached hydrogen (secondary N) is 1. The zero-order valence-electron chi connectivity index (χ0n) is 16.3. The lowest BCUT2D eigenvalue weighted by atomic mass is 9.84. The number of benzene rings is 1. The summed E-state index contributed by atoms with van der Waals surface area (Å²) < 4.78 is 0. The van der Waals surface area contributed by atoms with Gasteiger partial charge in [0.1, 0.15) is 0 Å². The van der Waals surface area contributed by atoms with Gasteiger partial charge in [-0.25, -0.2) is 0 Å². The molecular weight excluding hydrogens is 352 g/mol. The minimum atomic E-state index is -0.162. The van der Waals surface area contributed by atoms with Crippen molar-refractivity contribution in [3.8, 4) is 0 Å². The average Bonchev–Trinajstić information content (AvgIpc) is 2.99. The third kappa shape index (κ3) is 3.50. The van der Waals surface area contributed by atoms with E-state index < -0.39 is 0 Å². The summed E-state index contributed by atoms with van der Waals surface area (Å²) in [5, 5.41) is 3.11. The standard InChI is InChI=1S/C23H28N2O3/c1-15(16-7-3-2-4-8-16)24-21(26)17-11-13-18(14-12-17)25-22(27)19-9-5-6-10-20(19)23(25)28/h2-8,15,17-20H,9-14H2,1H3,(H,24,26)/t15-,17?,18?,19-,20+/m0/s1. The van der Waals surface area contributed by atoms with E-state index in [1.807, 2.05) is 49.4 Å². The Morgan fingerprint density at radius 3 is 2.11 bits per heavy atom. The third-order valence-corrected chi connectivity index (χ3v) is 6.63. The summed E-state index contributed by atoms with van der Waals surface area (Å²) in [5.74, 6) is -0.281. The maximum absolute atomic E-state index is 12.8. The van der Waals surface area contributed by atoms with E-state index in [4.69, 9.17) is 0 Å². The molecule has 4 rings (SSSR count). The summed E-state index contributed by atoms with van der Waals surface area (Å²) in [6, 6.07) is 9.87. The Kier molecular flexibility index (Phi) is 5.33. The van der Waals surface area contributed by atoms with Gasteiger partial charge in [0.25, 0.3) is 0 Å². The molecule has 3 atom stereocenters. The smallest absolute Gasteiger partial charge is 0.233 e. The minimum Gasteiger partial charge on any atom is -0.349 e. The zero-order valence-corrected chi connectivity index (χ0v) is 16.3. The van der Waals surface area contributed by atoms with Gasteiger partial charge in [0.15, 0.2) is 0 Å². The van der Waals surface area contributed by atoms with Gasteiger partial charge in [0.2, 0.25) is 17.7 Å². The van der Waals surface area contributed by atoms with Crippen LogP contribution in [-0.2, 0) is 14.4 Å². The van der Waals surface area contributed by atoms with Crippen LogP contribution in [0, 0.1) is 17.8 Å². The molecule has 0 radical (unpaired) electrons. The van der Waals surface area contributed by atoms with Crippen LogP contribution in [0.1, 0.15) is 57.1 Å². The molecule has 0 spiro atoms. The number of imide groups is 1. The van der Waals surface area contributed by atoms with Crippen LogP contribution in [0.5, 0.6) is 0 Å². The van der Waals surface area contributed by atoms with E-state index in [-0.39, 0.29) is 47.6 Å². The van der Waals surface area contributed by atoms with Crippen molar-refractivity contribution in [2.24, 2.45) is 17.8 Å². The first-order valence-electron chi connectivity index (χ1n) is 10.4. The fourth-order valence-corrected chi connectivity index (χ4v) is 4.94. The number of carbonyl (C=O) groups is 3. The van der Waals surface area contributed by atoms with Crippen molar-refractivity contribution in [1.29, 1.82) is 0 Å². The maximum atomic E-state index is 12.8. The van der Waals surface area contributed by atoms with E-state index in [0.29, 0.717) is 12.8 Å². The molecule has 3 aliphatic rings. The average molecular weight is 380 g/mol. The van der Waals surface area contributed by atoms with Gasteiger partial charge in [-0.3, -0.25) is 19.3 Å². The summed E-state index contributed by atoms with van der Waals surface area (Å²) >= 11 is 0. The van der Waals surface area contributed by atoms with Crippen molar-refractivity contribution in [2.75, 3.05) is 0 Å². The highest BCUT2D eigenvalue weighted by Gasteiger charge is 2.50. The van der Waals surface area contributed by atoms with Crippen LogP contribution in [0.2, 0.25) is 0 Å². The van der Waals surface area contributed by atoms with Gasteiger partial charge in [0.05, 0.1) is 17.9 Å². The van der Waals surface area contributed by atoms with Crippen LogP contribution in [0.15, 0.2) is 42.5 Å². The van der Waals surface area contributed by atoms with Crippen LogP contribution in [0.4, 0.5) is 0 Å². The Bertz CT molecular complexity index is 754. The van der Waals surface area contributed by atoms with E-state index in [9.17, 15) is 14.4 Å². The maximum Gasteiger partial charge on any atom is 0.233 e. The van der Waals surface area contributed by atoms with E-state index >= 15 is 0 Å². The van der Waals surface area contributed by atoms with E-state index in [2.05, 4.69) is 5.32 Å². The molecule has 148 valence electrons. The highest BCUT2D eigenvalue weighted by atomic mass is 16.2. The molecule has 1 aromatic carbocycles. The molecule has 0 bridgehead atoms. The summed E-state index contributed by atoms with van der Waals surface area (Å²) in [5.41, 5.74) is 1.09. The van der Waals surface area contributed by atoms with Crippen molar-refractivity contribution in [1.82, 2.24) is 10.2 Å². The first-order valence-corrected chi connectivity index (χ1v) is 10.4. The van der Waals surface area contributed by atoms with E-state index in [0.717, 1.165) is 31.2 Å². The molecule has 2 fully saturated rings. The zero-order chi connectivity index (χ0) is 19.7. The third-order valence-electron chi connectivity index (χ3n) is 6.63. The Morgan fingerprint density at radius 1 is 0.964 bits per heavy atom. The Labute approximate surface area is 166 Å². The van der Waals surface area contributed by atoms with E-state index in [1.54, 1.807) is 4.90 Å². The predicted octanol–water partition coefficient (Wildman–Crippen LogP) is 3.37. The van der Waals surface area contributed by atoms with Crippen molar-refractivity contribution < 1.29 is 14.4 Å². The van der Waals surface area contributed by atoms with Gasteiger partial charge >= 0.3 is 0 Å². The second-order valence-corrected chi connectivity index (χ2v) is 8.35. The molecule has 2 aliphatic carbocycles. The number of hydrogen-bond donors (Lipinski definition) is 1. The molecule has 1 N–H and O–H groups in total. The highest BCUT2D eigenvalue weighted by molar-refractivity contribution is 6.05. The number of carbonyl (C=O) groups excluding carboxylic acids is 3. The molecule has 5 heteroatoms. The fraction of sp³-hybridized carbons (Fsp3) is 0.522. The van der Waals surface area contributed by atoms with Gasteiger partial charge < -0.3 is 5.32 Å². The summed E-state index contributed by atoms with van der Waals surface area (Å²) in [4.78, 5) is 39.7. The molecule has 3 amide bonds. The fourth-order valence-electron chi connectivity index (χ4n) is 4.94. The number of nitrogens with zero attached hydrogens (tertiary/aromatic N) is 1. The second-order valence-electron chi connectivity index (χ2n) is 8.35. The molecule has 1 aliphatic heterocycles. The number of allylic oxidation sites excluding steroid dienone is 2. The van der Waals surface area contributed by atoms with E-state index in [1.165, 1.54) is 0 Å². The lowest BCUT2D eigenvalue weighted by Crippen LogP contribution is -2.44. The minimum absolute atomic E-state index is 0.00458. The number of hydrogen-bond acceptors (Lipinski definition) is 3. The normalized spacial score (nSPS) is 30.8. The SMILES string of the molecule is C[C@H](NC(=O)C1CCC(N2C(=O)[C@H]3CC=CC[C@H]3C2=O)CC1)c1ccccc1. The van der Waals surface area contributed by atoms with Gasteiger partial charge in [0, 0.05) is 12.0 Å². The quantitative estimate of drug-likeness (QED) is 0.643. The molecule has 1 heterocycles. The lowest BCUT2D eigenvalue weighted by molar-refractivity contribution is -0.143. The van der Waals surface area contributed by atoms with Crippen molar-refractivity contribution in [3.63, 3.8) is 0 Å². The van der Waals surface area contributed by atoms with Crippen molar-refractivity contribution in [3.05, 3.63) is 48.0 Å². The van der Waals surface area contributed by atoms with Crippen LogP contribution in [0.25, 0.3) is 0 Å². The number of likely N-dealkylation sites (tertiary alicyclic amines) is 1. The van der Waals surface area contributed by atoms with Crippen LogP contribution < -0.4 is 5.32 Å². The summed E-state index contributed by atoms with van der Waals surface area (Å²) in [7, 11) is 0. The molecule has 0 aromatic heterocycles. The van der Waals surface area contributed by atoms with Crippen LogP contribution >= 0.6 is 0 Å². The topological polar surface area (TPSA) is 66.5 Å². The Hall–Kier alpha value is -2.43. The van der Waals surface area contributed by atoms with Gasteiger partial charge in [-0.1, -0.05) is 42.5 Å². The first kappa shape index (κ1) is 18.9. The number of rotatable bonds is 4. The molecule has 1 aromatic rings. The second kappa shape index (κ2) is 7.90. The lowest BCUT2D eigenvalue weighted by Gasteiger charge is -2.33. The molecule has 1 saturated heterocycles. The predicted molar refractivity (Wildman–Crippen MR) is 106 cm³/mol. The molecule has 1 saturated carbocycles. The molecular formula is C23H28N2O3. The molecule has 5 nitrogen and oxygen atoms in total. The van der Waals surface area contributed by atoms with Gasteiger partial charge in [-0.2, -0.15) is 0 Å². The van der Waals surface area contributed by atoms with Crippen LogP contribution in [-0.4, -0.2) is 28.7 Å². The van der Waals surface area contributed by atoms with Gasteiger partial charge in [-0.15, -0.1) is 0 Å². The van der Waals surface area contributed by atoms with Crippen molar-refractivity contribution >= 4 is 17.7 Å². The Balaban J connectivity index is 1.33. The summed E-state index contributed by atoms with van der Waals surface area (Å²) in [6.45, 7) is 2.00. The summed E-state index contributed by atoms with van der Waals surface area (Å²) in [6.07, 6.45) is 8.30. The monoisotopic (exact) mass is 380 g/mol. The first-order chi connectivity index (χ1) is 13.6. The van der Waals surface area contributed by atoms with Crippen molar-refractivity contribution in [2.45, 2.75) is 57.5 Å². The number of fused-ring (bicyclic) bond motifs is 1.